The number of phenols is 1. The number of nitrogens with one attached hydrogen (secondary N) is 1. The molecule has 1 fully saturated rings. The molecule has 0 bridgehead atoms. The lowest BCUT2D eigenvalue weighted by atomic mass is 9.96. The number of benzene rings is 2. The number of β-amino-alcohol motifs (C(OH)–C–C–N with tert-alkyl or cyclic N) is 1. The van der Waals surface area contributed by atoms with E-state index in [1.54, 1.807) is 0 Å². The van der Waals surface area contributed by atoms with Crippen LogP contribution in [0, 0.1) is 0 Å². The third kappa shape index (κ3) is 4.33. The van der Waals surface area contributed by atoms with Gasteiger partial charge < -0.3 is 25.0 Å². The summed E-state index contributed by atoms with van der Waals surface area (Å²) in [5.74, 6) is 0.791. The molecule has 1 spiro atoms. The number of hydrogen-bond acceptors (Lipinski definition) is 6. The van der Waals surface area contributed by atoms with Crippen LogP contribution in [0.15, 0.2) is 36.4 Å². The summed E-state index contributed by atoms with van der Waals surface area (Å²) in [5.41, 5.74) is 1.16. The Kier molecular flexibility index (Phi) is 5.77. The molecule has 3 N–H and O–H groups in total. The van der Waals surface area contributed by atoms with Crippen LogP contribution in [0.4, 0.5) is 0 Å². The minimum Gasteiger partial charge on any atom is -0.508 e. The van der Waals surface area contributed by atoms with Gasteiger partial charge in [0.2, 0.25) is 0 Å². The Labute approximate surface area is 180 Å². The van der Waals surface area contributed by atoms with Gasteiger partial charge in [-0.05, 0) is 35.9 Å². The van der Waals surface area contributed by atoms with E-state index < -0.39 is 6.10 Å². The molecule has 0 saturated carbocycles. The van der Waals surface area contributed by atoms with E-state index in [0.29, 0.717) is 23.7 Å². The predicted molar refractivity (Wildman–Crippen MR) is 113 cm³/mol. The fourth-order valence-electron chi connectivity index (χ4n) is 4.20. The highest BCUT2D eigenvalue weighted by Gasteiger charge is 2.45. The molecule has 2 aliphatic rings. The average Bonchev–Trinajstić information content (AvgIpc) is 3.27. The molecule has 8 heteroatoms. The van der Waals surface area contributed by atoms with Crippen LogP contribution in [-0.2, 0) is 6.42 Å². The second-order valence-corrected chi connectivity index (χ2v) is 8.36. The zero-order valence-corrected chi connectivity index (χ0v) is 17.5. The number of phenolic OH excluding ortho intramolecular Hbond substituents is 1. The van der Waals surface area contributed by atoms with E-state index in [1.165, 1.54) is 25.2 Å². The van der Waals surface area contributed by atoms with Crippen molar-refractivity contribution in [1.29, 1.82) is 0 Å². The molecular weight excluding hydrogens is 408 g/mol. The topological polar surface area (TPSA) is 91.3 Å². The summed E-state index contributed by atoms with van der Waals surface area (Å²) in [6, 6.07) is 9.98. The van der Waals surface area contributed by atoms with Gasteiger partial charge in [-0.2, -0.15) is 0 Å². The summed E-state index contributed by atoms with van der Waals surface area (Å²) in [6.07, 6.45) is 0.934. The molecule has 0 aromatic heterocycles. The van der Waals surface area contributed by atoms with Crippen molar-refractivity contribution in [1.82, 2.24) is 10.2 Å². The van der Waals surface area contributed by atoms with E-state index in [2.05, 4.69) is 10.2 Å². The van der Waals surface area contributed by atoms with Crippen molar-refractivity contribution in [3.05, 3.63) is 52.5 Å². The van der Waals surface area contributed by atoms with Crippen LogP contribution in [0.2, 0.25) is 5.02 Å². The average molecular weight is 433 g/mol. The molecule has 160 valence electrons. The number of carbonyl (C=O) groups excluding carboxylic acids is 1. The lowest BCUT2D eigenvalue weighted by Gasteiger charge is -2.25. The zero-order chi connectivity index (χ0) is 21.3. The Bertz CT molecular complexity index is 953. The number of hydrogen-bond donors (Lipinski definition) is 3. The minimum atomic E-state index is -0.752. The van der Waals surface area contributed by atoms with Crippen LogP contribution in [0.1, 0.15) is 22.3 Å². The smallest absolute Gasteiger partial charge is 0.254 e. The van der Waals surface area contributed by atoms with Gasteiger partial charge in [0.1, 0.15) is 35.6 Å². The molecule has 2 aromatic carbocycles. The quantitative estimate of drug-likeness (QED) is 0.648. The SMILES string of the molecule is CNC(=O)c1ccc(O)cc1OC[C@H](O)CN1CCC2(Cc3cc(Cl)ccc3O2)C1. The second-order valence-electron chi connectivity index (χ2n) is 7.92. The Balaban J connectivity index is 1.32. The van der Waals surface area contributed by atoms with Crippen molar-refractivity contribution in [3.8, 4) is 17.2 Å². The zero-order valence-electron chi connectivity index (χ0n) is 16.7. The molecule has 2 aromatic rings. The summed E-state index contributed by atoms with van der Waals surface area (Å²) < 4.78 is 11.9. The van der Waals surface area contributed by atoms with Crippen molar-refractivity contribution in [2.24, 2.45) is 0 Å². The van der Waals surface area contributed by atoms with Crippen LogP contribution >= 0.6 is 11.6 Å². The Morgan fingerprint density at radius 2 is 2.20 bits per heavy atom. The molecule has 2 aliphatic heterocycles. The standard InChI is InChI=1S/C22H25ClN2O5/c1-24-21(28)18-4-3-16(26)9-20(18)29-12-17(27)11-25-7-6-22(13-25)10-14-8-15(23)2-5-19(14)30-22/h2-5,8-9,17,26-27H,6-7,10-13H2,1H3,(H,24,28)/t17-,22?/m1/s1. The van der Waals surface area contributed by atoms with Crippen molar-refractivity contribution >= 4 is 17.5 Å². The number of nitrogens with zero attached hydrogens (tertiary/aromatic N) is 1. The van der Waals surface area contributed by atoms with Gasteiger partial charge in [0.05, 0.1) is 5.56 Å². The van der Waals surface area contributed by atoms with Gasteiger partial charge in [-0.1, -0.05) is 11.6 Å². The second kappa shape index (κ2) is 8.34. The highest BCUT2D eigenvalue weighted by Crippen LogP contribution is 2.41. The van der Waals surface area contributed by atoms with Crippen LogP contribution in [0.5, 0.6) is 17.2 Å². The first kappa shape index (κ1) is 20.8. The van der Waals surface area contributed by atoms with Gasteiger partial charge in [-0.3, -0.25) is 9.69 Å². The van der Waals surface area contributed by atoms with Gasteiger partial charge in [-0.15, -0.1) is 0 Å². The molecule has 1 amide bonds. The van der Waals surface area contributed by atoms with Crippen molar-refractivity contribution in [2.75, 3.05) is 33.3 Å². The van der Waals surface area contributed by atoms with Gasteiger partial charge in [0.15, 0.2) is 0 Å². The number of amides is 1. The number of aliphatic hydroxyl groups excluding tert-OH is 1. The summed E-state index contributed by atoms with van der Waals surface area (Å²) in [6.45, 7) is 1.96. The number of ether oxygens (including phenoxy) is 2. The van der Waals surface area contributed by atoms with E-state index in [1.807, 2.05) is 18.2 Å². The first-order valence-corrected chi connectivity index (χ1v) is 10.3. The number of carbonyl (C=O) groups is 1. The maximum atomic E-state index is 12.0. The number of rotatable bonds is 6. The first-order valence-electron chi connectivity index (χ1n) is 9.93. The predicted octanol–water partition coefficient (Wildman–Crippen LogP) is 2.22. The van der Waals surface area contributed by atoms with E-state index in [9.17, 15) is 15.0 Å². The Morgan fingerprint density at radius 3 is 3.00 bits per heavy atom. The Morgan fingerprint density at radius 1 is 1.37 bits per heavy atom. The van der Waals surface area contributed by atoms with Crippen LogP contribution in [-0.4, -0.2) is 66.0 Å². The third-order valence-corrected chi connectivity index (χ3v) is 5.83. The van der Waals surface area contributed by atoms with E-state index >= 15 is 0 Å². The van der Waals surface area contributed by atoms with Gasteiger partial charge in [0.25, 0.3) is 5.91 Å². The molecule has 2 heterocycles. The molecule has 1 unspecified atom stereocenters. The lowest BCUT2D eigenvalue weighted by molar-refractivity contribution is 0.0589. The van der Waals surface area contributed by atoms with Crippen molar-refractivity contribution < 1.29 is 24.5 Å². The highest BCUT2D eigenvalue weighted by molar-refractivity contribution is 6.30. The van der Waals surface area contributed by atoms with Crippen LogP contribution < -0.4 is 14.8 Å². The van der Waals surface area contributed by atoms with Crippen molar-refractivity contribution in [3.63, 3.8) is 0 Å². The largest absolute Gasteiger partial charge is 0.508 e. The Hall–Kier alpha value is -2.48. The van der Waals surface area contributed by atoms with Crippen molar-refractivity contribution in [2.45, 2.75) is 24.5 Å². The fourth-order valence-corrected chi connectivity index (χ4v) is 4.40. The minimum absolute atomic E-state index is 0.00758. The van der Waals surface area contributed by atoms with E-state index in [4.69, 9.17) is 21.1 Å². The molecule has 2 atom stereocenters. The molecule has 0 aliphatic carbocycles. The number of aromatic hydroxyl groups is 1. The van der Waals surface area contributed by atoms with Gasteiger partial charge >= 0.3 is 0 Å². The van der Waals surface area contributed by atoms with E-state index in [0.717, 1.165) is 30.7 Å². The third-order valence-electron chi connectivity index (χ3n) is 5.59. The molecule has 1 saturated heterocycles. The summed E-state index contributed by atoms with van der Waals surface area (Å²) in [5, 5.41) is 23.4. The normalized spacial score (nSPS) is 21.3. The lowest BCUT2D eigenvalue weighted by Crippen LogP contribution is -2.40. The van der Waals surface area contributed by atoms with E-state index in [-0.39, 0.29) is 29.6 Å². The van der Waals surface area contributed by atoms with Gasteiger partial charge in [0, 0.05) is 50.6 Å². The number of halogens is 1. The van der Waals surface area contributed by atoms with Gasteiger partial charge in [-0.25, -0.2) is 0 Å². The highest BCUT2D eigenvalue weighted by atomic mass is 35.5. The van der Waals surface area contributed by atoms with Crippen LogP contribution in [0.25, 0.3) is 0 Å². The molecule has 0 radical (unpaired) electrons. The first-order chi connectivity index (χ1) is 14.4. The fraction of sp³-hybridized carbons (Fsp3) is 0.409. The maximum Gasteiger partial charge on any atom is 0.254 e. The number of aliphatic hydroxyl groups is 1. The molecular formula is C22H25ClN2O5. The monoisotopic (exact) mass is 432 g/mol. The summed E-state index contributed by atoms with van der Waals surface area (Å²) in [7, 11) is 1.52. The van der Waals surface area contributed by atoms with Crippen LogP contribution in [0.3, 0.4) is 0 Å². The summed E-state index contributed by atoms with van der Waals surface area (Å²) >= 11 is 6.10. The molecule has 7 nitrogen and oxygen atoms in total. The molecule has 4 rings (SSSR count). The maximum absolute atomic E-state index is 12.0. The molecule has 30 heavy (non-hydrogen) atoms. The summed E-state index contributed by atoms with van der Waals surface area (Å²) in [4.78, 5) is 14.1. The number of likely N-dealkylation sites (tertiary alicyclic amines) is 1. The number of fused-ring (bicyclic) bond motifs is 1.